The summed E-state index contributed by atoms with van der Waals surface area (Å²) in [6.07, 6.45) is 1.58. The lowest BCUT2D eigenvalue weighted by Crippen LogP contribution is -2.02. The predicted octanol–water partition coefficient (Wildman–Crippen LogP) is 0.757. The lowest BCUT2D eigenvalue weighted by Gasteiger charge is -1.98. The quantitative estimate of drug-likeness (QED) is 0.704. The molecule has 0 fully saturated rings. The van der Waals surface area contributed by atoms with Gasteiger partial charge in [0.05, 0.1) is 5.88 Å². The van der Waals surface area contributed by atoms with Gasteiger partial charge >= 0.3 is 0 Å². The Morgan fingerprint density at radius 2 is 2.43 bits per heavy atom. The van der Waals surface area contributed by atoms with Crippen molar-refractivity contribution in [1.29, 1.82) is 0 Å². The number of hydrogen-bond acceptors (Lipinski definition) is 5. The van der Waals surface area contributed by atoms with Gasteiger partial charge in [-0.15, -0.1) is 21.8 Å². The second-order valence-electron chi connectivity index (χ2n) is 2.74. The van der Waals surface area contributed by atoms with Crippen molar-refractivity contribution >= 4 is 11.6 Å². The summed E-state index contributed by atoms with van der Waals surface area (Å²) in [7, 11) is 0. The first-order valence-electron chi connectivity index (χ1n) is 4.01. The van der Waals surface area contributed by atoms with E-state index in [2.05, 4.69) is 20.3 Å². The molecule has 0 aliphatic heterocycles. The number of aryl methyl sites for hydroxylation is 1. The van der Waals surface area contributed by atoms with Gasteiger partial charge in [-0.3, -0.25) is 0 Å². The predicted molar refractivity (Wildman–Crippen MR) is 47.7 cm³/mol. The van der Waals surface area contributed by atoms with E-state index in [1.807, 2.05) is 0 Å². The maximum atomic E-state index is 5.65. The number of halogens is 1. The van der Waals surface area contributed by atoms with E-state index in [9.17, 15) is 0 Å². The molecule has 2 rings (SSSR count). The van der Waals surface area contributed by atoms with Gasteiger partial charge in [0.25, 0.3) is 0 Å². The number of nitrogens with zero attached hydrogens (tertiary/aromatic N) is 5. The van der Waals surface area contributed by atoms with E-state index in [0.29, 0.717) is 30.0 Å². The minimum absolute atomic E-state index is 0.313. The van der Waals surface area contributed by atoms with Crippen LogP contribution in [0, 0.1) is 6.92 Å². The van der Waals surface area contributed by atoms with Gasteiger partial charge in [-0.25, -0.2) is 0 Å². The van der Waals surface area contributed by atoms with Crippen molar-refractivity contribution in [3.05, 3.63) is 23.9 Å². The summed E-state index contributed by atoms with van der Waals surface area (Å²) in [6.45, 7) is 2.22. The summed E-state index contributed by atoms with van der Waals surface area (Å²) < 4.78 is 6.72. The molecule has 74 valence electrons. The molecule has 0 aliphatic rings. The third kappa shape index (κ3) is 1.74. The first-order valence-corrected chi connectivity index (χ1v) is 4.55. The van der Waals surface area contributed by atoms with Crippen LogP contribution >= 0.6 is 11.6 Å². The van der Waals surface area contributed by atoms with Crippen LogP contribution < -0.4 is 0 Å². The summed E-state index contributed by atoms with van der Waals surface area (Å²) in [6, 6.07) is 0. The van der Waals surface area contributed by atoms with Gasteiger partial charge in [-0.2, -0.15) is 4.98 Å². The van der Waals surface area contributed by atoms with Crippen molar-refractivity contribution in [2.75, 3.05) is 0 Å². The molecule has 6 nitrogen and oxygen atoms in total. The lowest BCUT2D eigenvalue weighted by atomic mass is 10.5. The van der Waals surface area contributed by atoms with Gasteiger partial charge in [-0.1, -0.05) is 5.16 Å². The zero-order valence-corrected chi connectivity index (χ0v) is 8.27. The van der Waals surface area contributed by atoms with Crippen LogP contribution in [-0.2, 0) is 12.4 Å². The summed E-state index contributed by atoms with van der Waals surface area (Å²) >= 11 is 5.65. The van der Waals surface area contributed by atoms with Crippen LogP contribution in [-0.4, -0.2) is 24.9 Å². The van der Waals surface area contributed by atoms with Crippen molar-refractivity contribution in [2.24, 2.45) is 0 Å². The topological polar surface area (TPSA) is 69.6 Å². The molecule has 14 heavy (non-hydrogen) atoms. The van der Waals surface area contributed by atoms with Crippen LogP contribution in [0.3, 0.4) is 0 Å². The number of aromatic nitrogens is 5. The first-order chi connectivity index (χ1) is 6.79. The average Bonchev–Trinajstić information content (AvgIpc) is 2.76. The Hall–Kier alpha value is -1.43. The average molecular weight is 214 g/mol. The molecule has 7 heteroatoms. The minimum atomic E-state index is 0.313. The molecule has 0 atom stereocenters. The van der Waals surface area contributed by atoms with Crippen molar-refractivity contribution in [3.8, 4) is 0 Å². The SMILES string of the molecule is Cc1noc(Cn2cnnc2CCl)n1. The molecular weight excluding hydrogens is 206 g/mol. The highest BCUT2D eigenvalue weighted by Crippen LogP contribution is 2.04. The van der Waals surface area contributed by atoms with Crippen LogP contribution in [0.5, 0.6) is 0 Å². The fraction of sp³-hybridized carbons (Fsp3) is 0.429. The Labute approximate surface area is 84.9 Å². The van der Waals surface area contributed by atoms with E-state index in [0.717, 1.165) is 0 Å². The standard InChI is InChI=1S/C7H8ClN5O/c1-5-10-7(14-12-5)3-13-4-9-11-6(13)2-8/h4H,2-3H2,1H3. The smallest absolute Gasteiger partial charge is 0.246 e. The molecule has 0 spiro atoms. The minimum Gasteiger partial charge on any atom is -0.337 e. The van der Waals surface area contributed by atoms with Gasteiger partial charge in [0.1, 0.15) is 18.7 Å². The fourth-order valence-electron chi connectivity index (χ4n) is 1.06. The van der Waals surface area contributed by atoms with Gasteiger partial charge in [0.2, 0.25) is 5.89 Å². The molecule has 0 amide bonds. The summed E-state index contributed by atoms with van der Waals surface area (Å²) in [5.74, 6) is 2.13. The number of rotatable bonds is 3. The van der Waals surface area contributed by atoms with Gasteiger partial charge < -0.3 is 9.09 Å². The second kappa shape index (κ2) is 3.75. The molecule has 0 aliphatic carbocycles. The van der Waals surface area contributed by atoms with E-state index in [4.69, 9.17) is 16.1 Å². The molecule has 0 radical (unpaired) electrons. The van der Waals surface area contributed by atoms with Gasteiger partial charge in [0, 0.05) is 0 Å². The van der Waals surface area contributed by atoms with Crippen molar-refractivity contribution < 1.29 is 4.52 Å². The Morgan fingerprint density at radius 1 is 1.57 bits per heavy atom. The third-order valence-corrected chi connectivity index (χ3v) is 1.93. The molecule has 2 heterocycles. The molecule has 2 aromatic rings. The Balaban J connectivity index is 2.18. The van der Waals surface area contributed by atoms with Crippen molar-refractivity contribution in [3.63, 3.8) is 0 Å². The first kappa shape index (κ1) is 9.14. The second-order valence-corrected chi connectivity index (χ2v) is 3.01. The number of alkyl halides is 1. The van der Waals surface area contributed by atoms with Crippen LogP contribution in [0.2, 0.25) is 0 Å². The molecule has 0 saturated carbocycles. The maximum absolute atomic E-state index is 5.65. The van der Waals surface area contributed by atoms with E-state index >= 15 is 0 Å². The summed E-state index contributed by atoms with van der Waals surface area (Å²) in [5.41, 5.74) is 0. The van der Waals surface area contributed by atoms with Crippen molar-refractivity contribution in [2.45, 2.75) is 19.3 Å². The third-order valence-electron chi connectivity index (χ3n) is 1.69. The molecule has 0 aromatic carbocycles. The molecule has 0 bridgehead atoms. The van der Waals surface area contributed by atoms with E-state index in [-0.39, 0.29) is 0 Å². The maximum Gasteiger partial charge on any atom is 0.246 e. The Bertz CT molecular complexity index is 423. The highest BCUT2D eigenvalue weighted by molar-refractivity contribution is 6.16. The van der Waals surface area contributed by atoms with Crippen LogP contribution in [0.4, 0.5) is 0 Å². The zero-order valence-electron chi connectivity index (χ0n) is 7.51. The van der Waals surface area contributed by atoms with Crippen LogP contribution in [0.15, 0.2) is 10.9 Å². The Morgan fingerprint density at radius 3 is 3.07 bits per heavy atom. The molecule has 0 saturated heterocycles. The number of hydrogen-bond donors (Lipinski definition) is 0. The fourth-order valence-corrected chi connectivity index (χ4v) is 1.27. The van der Waals surface area contributed by atoms with Crippen molar-refractivity contribution in [1.82, 2.24) is 24.9 Å². The molecule has 2 aromatic heterocycles. The summed E-state index contributed by atoms with van der Waals surface area (Å²) in [5, 5.41) is 11.2. The molecule has 0 N–H and O–H groups in total. The zero-order chi connectivity index (χ0) is 9.97. The largest absolute Gasteiger partial charge is 0.337 e. The monoisotopic (exact) mass is 213 g/mol. The molecular formula is C7H8ClN5O. The Kier molecular flexibility index (Phi) is 2.45. The van der Waals surface area contributed by atoms with E-state index in [1.165, 1.54) is 0 Å². The van der Waals surface area contributed by atoms with Gasteiger partial charge in [0.15, 0.2) is 5.82 Å². The van der Waals surface area contributed by atoms with E-state index in [1.54, 1.807) is 17.8 Å². The molecule has 0 unspecified atom stereocenters. The van der Waals surface area contributed by atoms with Gasteiger partial charge in [-0.05, 0) is 6.92 Å². The van der Waals surface area contributed by atoms with Crippen LogP contribution in [0.25, 0.3) is 0 Å². The van der Waals surface area contributed by atoms with Crippen LogP contribution in [0.1, 0.15) is 17.5 Å². The lowest BCUT2D eigenvalue weighted by molar-refractivity contribution is 0.366. The van der Waals surface area contributed by atoms with E-state index < -0.39 is 0 Å². The summed E-state index contributed by atoms with van der Waals surface area (Å²) in [4.78, 5) is 4.06. The highest BCUT2D eigenvalue weighted by atomic mass is 35.5. The highest BCUT2D eigenvalue weighted by Gasteiger charge is 2.07. The normalized spacial score (nSPS) is 10.7.